The van der Waals surface area contributed by atoms with E-state index in [0.29, 0.717) is 4.90 Å². The summed E-state index contributed by atoms with van der Waals surface area (Å²) in [6.45, 7) is 11.0. The van der Waals surface area contributed by atoms with Gasteiger partial charge in [0.2, 0.25) is 0 Å². The van der Waals surface area contributed by atoms with Crippen LogP contribution < -0.4 is 5.73 Å². The number of hydrogen-bond donors (Lipinski definition) is 3. The van der Waals surface area contributed by atoms with Crippen LogP contribution in [0.4, 0.5) is 14.0 Å². The number of carboxylic acids is 1. The summed E-state index contributed by atoms with van der Waals surface area (Å²) < 4.78 is 53.2. The number of carboxylic acid groups (broad SMARTS) is 1. The number of nitrogens with zero attached hydrogens (tertiary/aromatic N) is 1. The topological polar surface area (TPSA) is 174 Å². The number of rotatable bonds is 7. The first-order valence-corrected chi connectivity index (χ1v) is 12.5. The van der Waals surface area contributed by atoms with E-state index < -0.39 is 51.7 Å². The number of benzene rings is 1. The first kappa shape index (κ1) is 33.2. The Labute approximate surface area is 211 Å². The van der Waals surface area contributed by atoms with E-state index in [9.17, 15) is 32.3 Å². The lowest BCUT2D eigenvalue weighted by molar-refractivity contribution is -0.143. The fourth-order valence-corrected chi connectivity index (χ4v) is 2.96. The molecule has 0 aliphatic carbocycles. The van der Waals surface area contributed by atoms with Crippen molar-refractivity contribution in [2.75, 3.05) is 6.54 Å². The van der Waals surface area contributed by atoms with E-state index in [0.717, 1.165) is 5.56 Å². The highest BCUT2D eigenvalue weighted by Gasteiger charge is 2.40. The van der Waals surface area contributed by atoms with Gasteiger partial charge in [-0.05, 0) is 73.4 Å². The molecule has 1 aromatic carbocycles. The summed E-state index contributed by atoms with van der Waals surface area (Å²) in [5.41, 5.74) is 4.22. The van der Waals surface area contributed by atoms with Crippen LogP contribution in [0.1, 0.15) is 59.9 Å². The van der Waals surface area contributed by atoms with Crippen LogP contribution in [0.25, 0.3) is 0 Å². The average molecular weight is 537 g/mol. The molecule has 36 heavy (non-hydrogen) atoms. The lowest BCUT2D eigenvalue weighted by Gasteiger charge is -2.31. The largest absolute Gasteiger partial charge is 0.480 e. The van der Waals surface area contributed by atoms with Crippen LogP contribution in [-0.4, -0.2) is 71.1 Å². The van der Waals surface area contributed by atoms with Gasteiger partial charge in [0, 0.05) is 6.54 Å². The zero-order valence-electron chi connectivity index (χ0n) is 21.6. The van der Waals surface area contributed by atoms with Crippen LogP contribution in [0.5, 0.6) is 0 Å². The normalized spacial score (nSPS) is 13.5. The summed E-state index contributed by atoms with van der Waals surface area (Å²) >= 11 is 0. The van der Waals surface area contributed by atoms with Crippen molar-refractivity contribution in [1.29, 1.82) is 0 Å². The van der Waals surface area contributed by atoms with Crippen molar-refractivity contribution in [2.24, 2.45) is 5.73 Å². The Bertz CT molecular complexity index is 956. The highest BCUT2D eigenvalue weighted by Crippen LogP contribution is 2.20. The van der Waals surface area contributed by atoms with Crippen LogP contribution in [0.2, 0.25) is 0 Å². The molecule has 1 aromatic rings. The lowest BCUT2D eigenvalue weighted by Crippen LogP contribution is -2.52. The molecule has 2 amide bonds. The lowest BCUT2D eigenvalue weighted by atomic mass is 10.1. The quantitative estimate of drug-likeness (QED) is 0.433. The molecule has 1 unspecified atom stereocenters. The zero-order valence-corrected chi connectivity index (χ0v) is 22.5. The van der Waals surface area contributed by atoms with Gasteiger partial charge in [-0.15, -0.1) is 0 Å². The summed E-state index contributed by atoms with van der Waals surface area (Å²) in [5, 5.41) is 9.41. The summed E-state index contributed by atoms with van der Waals surface area (Å²) in [4.78, 5) is 36.6. The fourth-order valence-electron chi connectivity index (χ4n) is 2.48. The average Bonchev–Trinajstić information content (AvgIpc) is 2.67. The first-order chi connectivity index (χ1) is 16.2. The minimum Gasteiger partial charge on any atom is -0.480 e. The molecule has 0 bridgehead atoms. The maximum Gasteiger partial charge on any atom is 0.420 e. The van der Waals surface area contributed by atoms with Gasteiger partial charge in [-0.3, -0.25) is 4.55 Å². The smallest absolute Gasteiger partial charge is 0.420 e. The summed E-state index contributed by atoms with van der Waals surface area (Å²) in [6, 6.07) is 4.36. The van der Waals surface area contributed by atoms with Gasteiger partial charge in [-0.25, -0.2) is 18.8 Å². The number of hydrogen-bond acceptors (Lipinski definition) is 8. The van der Waals surface area contributed by atoms with E-state index in [1.807, 2.05) is 6.92 Å². The van der Waals surface area contributed by atoms with Crippen molar-refractivity contribution < 1.29 is 46.3 Å². The number of alkyl halides is 1. The van der Waals surface area contributed by atoms with E-state index in [2.05, 4.69) is 0 Å². The second-order valence-corrected chi connectivity index (χ2v) is 11.3. The minimum absolute atomic E-state index is 0.0666. The predicted molar refractivity (Wildman–Crippen MR) is 130 cm³/mol. The predicted octanol–water partition coefficient (Wildman–Crippen LogP) is 3.93. The molecule has 4 N–H and O–H groups in total. The van der Waals surface area contributed by atoms with Gasteiger partial charge in [-0.1, -0.05) is 17.7 Å². The third-order valence-corrected chi connectivity index (χ3v) is 4.97. The molecule has 0 saturated carbocycles. The number of amides is 2. The summed E-state index contributed by atoms with van der Waals surface area (Å²) in [7, 11) is -4.02. The molecule has 13 heteroatoms. The molecule has 1 rings (SSSR count). The second-order valence-electron chi connectivity index (χ2n) is 9.88. The Morgan fingerprint density at radius 1 is 0.972 bits per heavy atom. The van der Waals surface area contributed by atoms with Crippen molar-refractivity contribution >= 4 is 28.3 Å². The van der Waals surface area contributed by atoms with Crippen LogP contribution in [-0.2, 0) is 24.4 Å². The van der Waals surface area contributed by atoms with E-state index >= 15 is 0 Å². The van der Waals surface area contributed by atoms with Crippen molar-refractivity contribution in [2.45, 2.75) is 89.6 Å². The molecular formula is C23H37FN2O9S. The number of halogens is 1. The van der Waals surface area contributed by atoms with E-state index in [1.165, 1.54) is 12.1 Å². The number of ether oxygens (including phenoxy) is 2. The fraction of sp³-hybridized carbons (Fsp3) is 0.609. The second kappa shape index (κ2) is 13.5. The van der Waals surface area contributed by atoms with Gasteiger partial charge < -0.3 is 20.3 Å². The standard InChI is InChI=1S/C16H29FN2O6.C7H8O3S/c1-15(2,3)24-13(22)19(14(23)25-16(4,5)6)11(12(20)21)8-7-10(17)9-18;1-6-2-4-7(5-3-6)11(8,9)10/h10-11H,7-9,18H2,1-6H3,(H,20,21);2-5H,1H3,(H,8,9,10)/t10?,11-;/m0./s1. The van der Waals surface area contributed by atoms with Crippen molar-refractivity contribution in [3.05, 3.63) is 29.8 Å². The molecule has 0 aromatic heterocycles. The van der Waals surface area contributed by atoms with Crippen LogP contribution in [0, 0.1) is 6.92 Å². The molecule has 11 nitrogen and oxygen atoms in total. The first-order valence-electron chi connectivity index (χ1n) is 11.0. The number of carbonyl (C=O) groups is 3. The molecule has 0 fully saturated rings. The van der Waals surface area contributed by atoms with Crippen molar-refractivity contribution in [1.82, 2.24) is 4.90 Å². The minimum atomic E-state index is -4.02. The van der Waals surface area contributed by atoms with Gasteiger partial charge in [0.15, 0.2) is 0 Å². The van der Waals surface area contributed by atoms with Gasteiger partial charge in [-0.2, -0.15) is 13.3 Å². The molecule has 0 aliphatic heterocycles. The number of carbonyl (C=O) groups excluding carboxylic acids is 2. The summed E-state index contributed by atoms with van der Waals surface area (Å²) in [6.07, 6.45) is -4.32. The Balaban J connectivity index is 0.000000918. The Kier molecular flexibility index (Phi) is 12.5. The van der Waals surface area contributed by atoms with Crippen LogP contribution in [0.3, 0.4) is 0 Å². The molecule has 0 radical (unpaired) electrons. The SMILES string of the molecule is CC(C)(C)OC(=O)N(C(=O)OC(C)(C)C)[C@@H](CCC(F)CN)C(=O)O.Cc1ccc(S(=O)(=O)O)cc1. The van der Waals surface area contributed by atoms with Gasteiger partial charge >= 0.3 is 18.2 Å². The molecule has 206 valence electrons. The summed E-state index contributed by atoms with van der Waals surface area (Å²) in [5.74, 6) is -1.47. The number of nitrogens with two attached hydrogens (primary N) is 1. The molecule has 0 aliphatic rings. The monoisotopic (exact) mass is 536 g/mol. The van der Waals surface area contributed by atoms with Gasteiger partial charge in [0.1, 0.15) is 23.4 Å². The number of imide groups is 1. The van der Waals surface area contributed by atoms with Crippen molar-refractivity contribution in [3.8, 4) is 0 Å². The van der Waals surface area contributed by atoms with Crippen LogP contribution in [0.15, 0.2) is 29.2 Å². The van der Waals surface area contributed by atoms with E-state index in [4.69, 9.17) is 19.8 Å². The molecule has 2 atom stereocenters. The third kappa shape index (κ3) is 13.4. The molecule has 0 spiro atoms. The number of aliphatic carboxylic acids is 1. The maximum absolute atomic E-state index is 13.4. The molecule has 0 saturated heterocycles. The van der Waals surface area contributed by atoms with Crippen LogP contribution >= 0.6 is 0 Å². The Hall–Kier alpha value is -2.77. The molecule has 0 heterocycles. The van der Waals surface area contributed by atoms with E-state index in [-0.39, 0.29) is 24.3 Å². The molecular weight excluding hydrogens is 499 g/mol. The van der Waals surface area contributed by atoms with E-state index in [1.54, 1.807) is 53.7 Å². The Morgan fingerprint density at radius 3 is 1.69 bits per heavy atom. The Morgan fingerprint density at radius 2 is 1.39 bits per heavy atom. The third-order valence-electron chi connectivity index (χ3n) is 4.11. The highest BCUT2D eigenvalue weighted by atomic mass is 32.2. The highest BCUT2D eigenvalue weighted by molar-refractivity contribution is 7.85. The zero-order chi connectivity index (χ0) is 28.5. The van der Waals surface area contributed by atoms with Gasteiger partial charge in [0.25, 0.3) is 10.1 Å². The number of aryl methyl sites for hydroxylation is 1. The van der Waals surface area contributed by atoms with Gasteiger partial charge in [0.05, 0.1) is 4.90 Å². The maximum atomic E-state index is 13.4. The van der Waals surface area contributed by atoms with Crippen molar-refractivity contribution in [3.63, 3.8) is 0 Å².